The molecule has 0 aromatic rings. The second-order valence-corrected chi connectivity index (χ2v) is 5.79. The molecule has 0 aromatic heterocycles. The first kappa shape index (κ1) is 15.0. The minimum atomic E-state index is -0.752. The number of hydrogen-bond acceptors (Lipinski definition) is 3. The molecule has 1 saturated carbocycles. The second-order valence-electron chi connectivity index (χ2n) is 5.79. The summed E-state index contributed by atoms with van der Waals surface area (Å²) in [6.07, 6.45) is 2.19. The average molecular weight is 252 g/mol. The molecule has 0 aromatic carbocycles. The Balaban J connectivity index is 2.12. The van der Waals surface area contributed by atoms with E-state index in [4.69, 9.17) is 10.00 Å². The summed E-state index contributed by atoms with van der Waals surface area (Å²) in [5.41, 5.74) is -0.752. The molecule has 4 heteroatoms. The number of amides is 1. The Morgan fingerprint density at radius 1 is 1.56 bits per heavy atom. The van der Waals surface area contributed by atoms with Crippen LogP contribution in [-0.4, -0.2) is 25.7 Å². The zero-order chi connectivity index (χ0) is 13.6. The maximum absolute atomic E-state index is 11.9. The van der Waals surface area contributed by atoms with Crippen LogP contribution in [0.2, 0.25) is 0 Å². The molecule has 1 aliphatic carbocycles. The van der Waals surface area contributed by atoms with Gasteiger partial charge in [-0.2, -0.15) is 5.26 Å². The number of nitrogens with zero attached hydrogens (tertiary/aromatic N) is 1. The van der Waals surface area contributed by atoms with Crippen LogP contribution in [0.1, 0.15) is 40.0 Å². The van der Waals surface area contributed by atoms with Crippen LogP contribution in [0.4, 0.5) is 0 Å². The van der Waals surface area contributed by atoms with Crippen molar-refractivity contribution in [1.29, 1.82) is 5.26 Å². The molecule has 0 saturated heterocycles. The van der Waals surface area contributed by atoms with Crippen molar-refractivity contribution in [3.63, 3.8) is 0 Å². The van der Waals surface area contributed by atoms with Crippen molar-refractivity contribution in [3.8, 4) is 6.07 Å². The lowest BCUT2D eigenvalue weighted by Gasteiger charge is -2.39. The van der Waals surface area contributed by atoms with Gasteiger partial charge in [-0.1, -0.05) is 20.8 Å². The fourth-order valence-corrected chi connectivity index (χ4v) is 2.32. The maximum Gasteiger partial charge on any atom is 0.240 e. The molecule has 0 atom stereocenters. The molecule has 0 unspecified atom stereocenters. The summed E-state index contributed by atoms with van der Waals surface area (Å²) in [6.45, 7) is 8.30. The van der Waals surface area contributed by atoms with E-state index >= 15 is 0 Å². The zero-order valence-corrected chi connectivity index (χ0v) is 11.7. The van der Waals surface area contributed by atoms with E-state index in [-0.39, 0.29) is 5.91 Å². The van der Waals surface area contributed by atoms with Crippen molar-refractivity contribution >= 4 is 5.91 Å². The predicted octanol–water partition coefficient (Wildman–Crippen LogP) is 2.11. The molecule has 0 heterocycles. The van der Waals surface area contributed by atoms with Gasteiger partial charge < -0.3 is 10.1 Å². The lowest BCUT2D eigenvalue weighted by atomic mass is 9.63. The van der Waals surface area contributed by atoms with Crippen LogP contribution in [0.5, 0.6) is 0 Å². The van der Waals surface area contributed by atoms with Crippen molar-refractivity contribution in [3.05, 3.63) is 0 Å². The molecule has 1 N–H and O–H groups in total. The highest BCUT2D eigenvalue weighted by Gasteiger charge is 2.48. The van der Waals surface area contributed by atoms with E-state index in [0.29, 0.717) is 37.8 Å². The standard InChI is InChI=1S/C14H24N2O2/c1-11(2)9-18-6-4-5-16-13(17)14(10-15)7-12(3)8-14/h11-12H,4-9H2,1-3H3,(H,16,17). The number of nitrogens with one attached hydrogen (secondary N) is 1. The van der Waals surface area contributed by atoms with Crippen LogP contribution in [0.25, 0.3) is 0 Å². The molecule has 0 radical (unpaired) electrons. The van der Waals surface area contributed by atoms with Gasteiger partial charge in [-0.3, -0.25) is 4.79 Å². The van der Waals surface area contributed by atoms with Gasteiger partial charge >= 0.3 is 0 Å². The summed E-state index contributed by atoms with van der Waals surface area (Å²) < 4.78 is 5.43. The maximum atomic E-state index is 11.9. The molecule has 18 heavy (non-hydrogen) atoms. The number of nitriles is 1. The van der Waals surface area contributed by atoms with Crippen LogP contribution < -0.4 is 5.32 Å². The molecule has 1 fully saturated rings. The molecule has 1 rings (SSSR count). The molecule has 0 aliphatic heterocycles. The highest BCUT2D eigenvalue weighted by molar-refractivity contribution is 5.86. The second kappa shape index (κ2) is 6.75. The lowest BCUT2D eigenvalue weighted by molar-refractivity contribution is -0.133. The predicted molar refractivity (Wildman–Crippen MR) is 69.7 cm³/mol. The molecule has 1 aliphatic rings. The van der Waals surface area contributed by atoms with E-state index in [1.165, 1.54) is 0 Å². The van der Waals surface area contributed by atoms with Crippen LogP contribution >= 0.6 is 0 Å². The Labute approximate surface area is 110 Å². The smallest absolute Gasteiger partial charge is 0.240 e. The number of ether oxygens (including phenoxy) is 1. The Hall–Kier alpha value is -1.08. The van der Waals surface area contributed by atoms with Gasteiger partial charge in [-0.05, 0) is 31.1 Å². The van der Waals surface area contributed by atoms with Crippen molar-refractivity contribution in [1.82, 2.24) is 5.32 Å². The Morgan fingerprint density at radius 3 is 2.72 bits per heavy atom. The third-order valence-electron chi connectivity index (χ3n) is 3.24. The van der Waals surface area contributed by atoms with E-state index < -0.39 is 5.41 Å². The Bertz CT molecular complexity index is 314. The molecular weight excluding hydrogens is 228 g/mol. The lowest BCUT2D eigenvalue weighted by Crippen LogP contribution is -2.48. The number of rotatable bonds is 7. The molecule has 0 bridgehead atoms. The summed E-state index contributed by atoms with van der Waals surface area (Å²) in [4.78, 5) is 11.9. The van der Waals surface area contributed by atoms with Gasteiger partial charge in [0.25, 0.3) is 0 Å². The van der Waals surface area contributed by atoms with Gasteiger partial charge in [-0.15, -0.1) is 0 Å². The van der Waals surface area contributed by atoms with Crippen molar-refractivity contribution in [2.75, 3.05) is 19.8 Å². The molecule has 1 amide bonds. The first-order valence-corrected chi connectivity index (χ1v) is 6.77. The fraction of sp³-hybridized carbons (Fsp3) is 0.857. The van der Waals surface area contributed by atoms with Crippen LogP contribution in [-0.2, 0) is 9.53 Å². The van der Waals surface area contributed by atoms with Crippen LogP contribution in [0.15, 0.2) is 0 Å². The largest absolute Gasteiger partial charge is 0.381 e. The molecule has 102 valence electrons. The van der Waals surface area contributed by atoms with Gasteiger partial charge in [0.2, 0.25) is 5.91 Å². The molecule has 0 spiro atoms. The molecule has 4 nitrogen and oxygen atoms in total. The number of hydrogen-bond donors (Lipinski definition) is 1. The van der Waals surface area contributed by atoms with Gasteiger partial charge in [-0.25, -0.2) is 0 Å². The van der Waals surface area contributed by atoms with Crippen molar-refractivity contribution < 1.29 is 9.53 Å². The first-order valence-electron chi connectivity index (χ1n) is 6.77. The van der Waals surface area contributed by atoms with E-state index in [2.05, 4.69) is 32.2 Å². The quantitative estimate of drug-likeness (QED) is 0.706. The SMILES string of the molecule is CC(C)COCCCNC(=O)C1(C#N)CC(C)C1. The fourth-order valence-electron chi connectivity index (χ4n) is 2.32. The number of carbonyl (C=O) groups excluding carboxylic acids is 1. The Kier molecular flexibility index (Phi) is 5.61. The van der Waals surface area contributed by atoms with Crippen molar-refractivity contribution in [2.24, 2.45) is 17.3 Å². The third-order valence-corrected chi connectivity index (χ3v) is 3.24. The average Bonchev–Trinajstić information content (AvgIpc) is 2.28. The zero-order valence-electron chi connectivity index (χ0n) is 11.7. The monoisotopic (exact) mass is 252 g/mol. The summed E-state index contributed by atoms with van der Waals surface area (Å²) >= 11 is 0. The van der Waals surface area contributed by atoms with Gasteiger partial charge in [0.1, 0.15) is 5.41 Å². The summed E-state index contributed by atoms with van der Waals surface area (Å²) in [5, 5.41) is 11.9. The summed E-state index contributed by atoms with van der Waals surface area (Å²) in [6, 6.07) is 2.17. The van der Waals surface area contributed by atoms with Gasteiger partial charge in [0.15, 0.2) is 0 Å². The van der Waals surface area contributed by atoms with E-state index in [1.54, 1.807) is 0 Å². The van der Waals surface area contributed by atoms with Crippen LogP contribution in [0, 0.1) is 28.6 Å². The van der Waals surface area contributed by atoms with Gasteiger partial charge in [0, 0.05) is 19.8 Å². The summed E-state index contributed by atoms with van der Waals surface area (Å²) in [5.74, 6) is 0.926. The summed E-state index contributed by atoms with van der Waals surface area (Å²) in [7, 11) is 0. The first-order chi connectivity index (χ1) is 8.50. The van der Waals surface area contributed by atoms with E-state index in [0.717, 1.165) is 13.0 Å². The van der Waals surface area contributed by atoms with Crippen LogP contribution in [0.3, 0.4) is 0 Å². The minimum Gasteiger partial charge on any atom is -0.381 e. The van der Waals surface area contributed by atoms with Gasteiger partial charge in [0.05, 0.1) is 6.07 Å². The third kappa shape index (κ3) is 3.99. The Morgan fingerprint density at radius 2 is 2.22 bits per heavy atom. The normalized spacial score (nSPS) is 26.5. The number of carbonyl (C=O) groups is 1. The minimum absolute atomic E-state index is 0.105. The topological polar surface area (TPSA) is 62.1 Å². The highest BCUT2D eigenvalue weighted by atomic mass is 16.5. The highest BCUT2D eigenvalue weighted by Crippen LogP contribution is 2.44. The van der Waals surface area contributed by atoms with E-state index in [1.807, 2.05) is 0 Å². The van der Waals surface area contributed by atoms with E-state index in [9.17, 15) is 4.79 Å². The van der Waals surface area contributed by atoms with Crippen molar-refractivity contribution in [2.45, 2.75) is 40.0 Å². The molecular formula is C14H24N2O2.